The Hall–Kier alpha value is -1.30. The Morgan fingerprint density at radius 2 is 1.90 bits per heavy atom. The molecule has 20 heavy (non-hydrogen) atoms. The Morgan fingerprint density at radius 1 is 1.30 bits per heavy atom. The largest absolute Gasteiger partial charge is 0.481 e. The summed E-state index contributed by atoms with van der Waals surface area (Å²) in [6, 6.07) is -0.464. The number of carbonyl (C=O) groups is 2. The fourth-order valence-corrected chi connectivity index (χ4v) is 2.04. The highest BCUT2D eigenvalue weighted by atomic mass is 16.5. The van der Waals surface area contributed by atoms with Crippen LogP contribution < -0.4 is 10.6 Å². The molecule has 3 N–H and O–H groups in total. The lowest BCUT2D eigenvalue weighted by molar-refractivity contribution is -0.150. The van der Waals surface area contributed by atoms with Crippen molar-refractivity contribution < 1.29 is 19.4 Å². The number of aliphatic carboxylic acids is 1. The molecule has 6 nitrogen and oxygen atoms in total. The van der Waals surface area contributed by atoms with Gasteiger partial charge in [0.25, 0.3) is 0 Å². The normalized spacial score (nSPS) is 21.4. The summed E-state index contributed by atoms with van der Waals surface area (Å²) in [7, 11) is 0. The third kappa shape index (κ3) is 3.62. The average Bonchev–Trinajstić information content (AvgIpc) is 2.80. The van der Waals surface area contributed by atoms with Gasteiger partial charge < -0.3 is 20.5 Å². The van der Waals surface area contributed by atoms with Crippen LogP contribution >= 0.6 is 0 Å². The fourth-order valence-electron chi connectivity index (χ4n) is 2.04. The van der Waals surface area contributed by atoms with E-state index in [0.29, 0.717) is 0 Å². The van der Waals surface area contributed by atoms with Gasteiger partial charge in [-0.15, -0.1) is 0 Å². The quantitative estimate of drug-likeness (QED) is 0.718. The maximum atomic E-state index is 12.0. The van der Waals surface area contributed by atoms with Gasteiger partial charge in [0.1, 0.15) is 0 Å². The summed E-state index contributed by atoms with van der Waals surface area (Å²) in [5.74, 6) is -0.949. The molecular weight excluding hydrogens is 260 g/mol. The van der Waals surface area contributed by atoms with E-state index in [-0.39, 0.29) is 18.2 Å². The summed E-state index contributed by atoms with van der Waals surface area (Å²) in [6.07, 6.45) is 1.98. The van der Waals surface area contributed by atoms with Crippen molar-refractivity contribution in [1.82, 2.24) is 10.6 Å². The molecule has 0 aromatic carbocycles. The molecule has 116 valence electrons. The van der Waals surface area contributed by atoms with Crippen molar-refractivity contribution in [3.05, 3.63) is 0 Å². The number of ether oxygens (including phenoxy) is 1. The maximum Gasteiger partial charge on any atom is 0.315 e. The van der Waals surface area contributed by atoms with E-state index in [2.05, 4.69) is 10.6 Å². The lowest BCUT2D eigenvalue weighted by atomic mass is 9.74. The zero-order valence-corrected chi connectivity index (χ0v) is 12.9. The number of amides is 2. The monoisotopic (exact) mass is 286 g/mol. The van der Waals surface area contributed by atoms with Gasteiger partial charge in [0, 0.05) is 6.61 Å². The van der Waals surface area contributed by atoms with E-state index in [9.17, 15) is 14.7 Å². The number of hydrogen-bond acceptors (Lipinski definition) is 3. The Kier molecular flexibility index (Phi) is 5.02. The van der Waals surface area contributed by atoms with Gasteiger partial charge in [-0.05, 0) is 47.5 Å². The van der Waals surface area contributed by atoms with E-state index in [1.807, 2.05) is 6.92 Å². The van der Waals surface area contributed by atoms with E-state index in [1.54, 1.807) is 27.7 Å². The third-order valence-electron chi connectivity index (χ3n) is 4.40. The molecule has 6 heteroatoms. The highest BCUT2D eigenvalue weighted by Crippen LogP contribution is 2.30. The van der Waals surface area contributed by atoms with Gasteiger partial charge in [0.15, 0.2) is 0 Å². The molecule has 0 radical (unpaired) electrons. The topological polar surface area (TPSA) is 87.7 Å². The molecule has 1 fully saturated rings. The van der Waals surface area contributed by atoms with Crippen LogP contribution in [0.3, 0.4) is 0 Å². The van der Waals surface area contributed by atoms with Crippen molar-refractivity contribution >= 4 is 12.0 Å². The van der Waals surface area contributed by atoms with E-state index in [0.717, 1.165) is 19.4 Å². The second kappa shape index (κ2) is 5.99. The minimum Gasteiger partial charge on any atom is -0.481 e. The van der Waals surface area contributed by atoms with Crippen LogP contribution in [0, 0.1) is 5.41 Å². The lowest BCUT2D eigenvalue weighted by Crippen LogP contribution is -2.60. The van der Waals surface area contributed by atoms with Gasteiger partial charge in [-0.25, -0.2) is 4.79 Å². The van der Waals surface area contributed by atoms with E-state index < -0.39 is 16.9 Å². The van der Waals surface area contributed by atoms with Crippen molar-refractivity contribution in [2.45, 2.75) is 65.1 Å². The molecule has 0 bridgehead atoms. The highest BCUT2D eigenvalue weighted by Gasteiger charge is 2.44. The molecule has 1 aliphatic heterocycles. The number of rotatable bonds is 5. The first-order chi connectivity index (χ1) is 9.08. The predicted molar refractivity (Wildman–Crippen MR) is 75.6 cm³/mol. The molecule has 0 aromatic heterocycles. The molecular formula is C14H26N2O4. The lowest BCUT2D eigenvalue weighted by Gasteiger charge is -2.39. The van der Waals surface area contributed by atoms with E-state index in [1.165, 1.54) is 0 Å². The smallest absolute Gasteiger partial charge is 0.315 e. The Morgan fingerprint density at radius 3 is 2.35 bits per heavy atom. The van der Waals surface area contributed by atoms with Crippen LogP contribution in [-0.2, 0) is 9.53 Å². The van der Waals surface area contributed by atoms with E-state index in [4.69, 9.17) is 4.74 Å². The number of hydrogen-bond donors (Lipinski definition) is 3. The van der Waals surface area contributed by atoms with Crippen LogP contribution in [0.25, 0.3) is 0 Å². The maximum absolute atomic E-state index is 12.0. The number of carbonyl (C=O) groups excluding carboxylic acids is 1. The average molecular weight is 286 g/mol. The van der Waals surface area contributed by atoms with Crippen molar-refractivity contribution in [2.75, 3.05) is 6.61 Å². The minimum atomic E-state index is -1.07. The van der Waals surface area contributed by atoms with Crippen LogP contribution in [0.15, 0.2) is 0 Å². The van der Waals surface area contributed by atoms with Crippen molar-refractivity contribution in [3.63, 3.8) is 0 Å². The Balaban J connectivity index is 2.58. The van der Waals surface area contributed by atoms with Gasteiger partial charge in [-0.1, -0.05) is 0 Å². The van der Waals surface area contributed by atoms with Crippen LogP contribution in [0.1, 0.15) is 47.5 Å². The van der Waals surface area contributed by atoms with Crippen molar-refractivity contribution in [2.24, 2.45) is 5.41 Å². The van der Waals surface area contributed by atoms with Gasteiger partial charge in [-0.3, -0.25) is 4.79 Å². The summed E-state index contributed by atoms with van der Waals surface area (Å²) < 4.78 is 5.51. The van der Waals surface area contributed by atoms with Crippen LogP contribution in [0.4, 0.5) is 4.79 Å². The Labute approximate surface area is 120 Å². The van der Waals surface area contributed by atoms with Gasteiger partial charge >= 0.3 is 12.0 Å². The first-order valence-corrected chi connectivity index (χ1v) is 7.01. The molecule has 0 spiro atoms. The van der Waals surface area contributed by atoms with Crippen molar-refractivity contribution in [3.8, 4) is 0 Å². The van der Waals surface area contributed by atoms with E-state index >= 15 is 0 Å². The fraction of sp³-hybridized carbons (Fsp3) is 0.857. The second-order valence-electron chi connectivity index (χ2n) is 6.49. The van der Waals surface area contributed by atoms with Crippen molar-refractivity contribution in [1.29, 1.82) is 0 Å². The molecule has 1 rings (SSSR count). The van der Waals surface area contributed by atoms with Crippen LogP contribution in [0.2, 0.25) is 0 Å². The molecule has 0 saturated carbocycles. The number of nitrogens with one attached hydrogen (secondary N) is 2. The zero-order valence-electron chi connectivity index (χ0n) is 12.9. The summed E-state index contributed by atoms with van der Waals surface area (Å²) in [6.45, 7) is 9.23. The molecule has 2 amide bonds. The SMILES string of the molecule is CC(NC(=O)NC(C)(C)C(C)(C)C(=O)O)C1CCCO1. The first-order valence-electron chi connectivity index (χ1n) is 7.01. The summed E-state index contributed by atoms with van der Waals surface area (Å²) in [5, 5.41) is 14.8. The third-order valence-corrected chi connectivity index (χ3v) is 4.40. The number of carboxylic acids is 1. The number of carboxylic acid groups (broad SMARTS) is 1. The molecule has 1 saturated heterocycles. The van der Waals surface area contributed by atoms with Crippen LogP contribution in [-0.4, -0.2) is 41.4 Å². The summed E-state index contributed by atoms with van der Waals surface area (Å²) >= 11 is 0. The van der Waals surface area contributed by atoms with Gasteiger partial charge in [0.05, 0.1) is 23.1 Å². The minimum absolute atomic E-state index is 0.0383. The first kappa shape index (κ1) is 16.8. The zero-order chi connectivity index (χ0) is 15.6. The number of urea groups is 1. The highest BCUT2D eigenvalue weighted by molar-refractivity contribution is 5.79. The van der Waals surface area contributed by atoms with Crippen LogP contribution in [0.5, 0.6) is 0 Å². The summed E-state index contributed by atoms with van der Waals surface area (Å²) in [4.78, 5) is 23.3. The molecule has 0 aromatic rings. The molecule has 2 atom stereocenters. The van der Waals surface area contributed by atoms with Gasteiger partial charge in [0.2, 0.25) is 0 Å². The molecule has 1 heterocycles. The molecule has 1 aliphatic rings. The predicted octanol–water partition coefficient (Wildman–Crippen LogP) is 1.74. The van der Waals surface area contributed by atoms with Gasteiger partial charge in [-0.2, -0.15) is 0 Å². The summed E-state index contributed by atoms with van der Waals surface area (Å²) in [5.41, 5.74) is -1.95. The standard InChI is InChI=1S/C14H26N2O4/c1-9(10-7-6-8-20-10)15-12(19)16-14(4,5)13(2,3)11(17)18/h9-10H,6-8H2,1-5H3,(H,17,18)(H2,15,16,19). The second-order valence-corrected chi connectivity index (χ2v) is 6.49. The molecule has 0 aliphatic carbocycles. The molecule has 2 unspecified atom stereocenters. The Bertz CT molecular complexity index is 373.